The fraction of sp³-hybridized carbons (Fsp3) is 0.167. The van der Waals surface area contributed by atoms with E-state index in [2.05, 4.69) is 5.16 Å². The lowest BCUT2D eigenvalue weighted by atomic mass is 9.92. The number of aromatic nitrogens is 1. The third kappa shape index (κ3) is 4.98. The molecule has 0 saturated carbocycles. The summed E-state index contributed by atoms with van der Waals surface area (Å²) in [7, 11) is 0. The van der Waals surface area contributed by atoms with Gasteiger partial charge in [0.05, 0.1) is 12.1 Å². The highest BCUT2D eigenvalue weighted by Crippen LogP contribution is 2.30. The van der Waals surface area contributed by atoms with Crippen LogP contribution >= 0.6 is 11.6 Å². The van der Waals surface area contributed by atoms with Crippen LogP contribution in [0.2, 0.25) is 5.02 Å². The van der Waals surface area contributed by atoms with E-state index in [0.29, 0.717) is 23.1 Å². The van der Waals surface area contributed by atoms with Crippen molar-refractivity contribution in [2.75, 3.05) is 0 Å². The number of nitrogens with zero attached hydrogens (tertiary/aromatic N) is 1. The molecule has 0 aliphatic carbocycles. The van der Waals surface area contributed by atoms with Crippen LogP contribution in [0.4, 0.5) is 0 Å². The van der Waals surface area contributed by atoms with Crippen LogP contribution in [0.15, 0.2) is 75.9 Å². The van der Waals surface area contributed by atoms with Gasteiger partial charge in [-0.05, 0) is 55.0 Å². The molecule has 0 spiro atoms. The SMILES string of the molecule is Cc1oc(-c2ccc(Cl)cc2)cc1COc1ccc([C@H](CC(=O)O)c2ccon2)cc1. The molecule has 2 aromatic carbocycles. The smallest absolute Gasteiger partial charge is 0.304 e. The fourth-order valence-electron chi connectivity index (χ4n) is 3.35. The highest BCUT2D eigenvalue weighted by molar-refractivity contribution is 6.30. The van der Waals surface area contributed by atoms with Gasteiger partial charge in [0.1, 0.15) is 30.1 Å². The minimum absolute atomic E-state index is 0.0750. The fourth-order valence-corrected chi connectivity index (χ4v) is 3.47. The molecule has 6 nitrogen and oxygen atoms in total. The van der Waals surface area contributed by atoms with Crippen molar-refractivity contribution in [3.63, 3.8) is 0 Å². The summed E-state index contributed by atoms with van der Waals surface area (Å²) in [4.78, 5) is 11.3. The average Bonchev–Trinajstić information content (AvgIpc) is 3.41. The number of ether oxygens (including phenoxy) is 1. The van der Waals surface area contributed by atoms with Gasteiger partial charge >= 0.3 is 5.97 Å². The van der Waals surface area contributed by atoms with Gasteiger partial charge in [-0.3, -0.25) is 4.79 Å². The van der Waals surface area contributed by atoms with Gasteiger partial charge in [-0.25, -0.2) is 0 Å². The van der Waals surface area contributed by atoms with E-state index < -0.39 is 5.97 Å². The molecule has 0 fully saturated rings. The molecule has 1 N–H and O–H groups in total. The maximum atomic E-state index is 11.3. The first-order valence-corrected chi connectivity index (χ1v) is 10.1. The number of hydrogen-bond donors (Lipinski definition) is 1. The van der Waals surface area contributed by atoms with Crippen LogP contribution in [0.5, 0.6) is 5.75 Å². The zero-order valence-corrected chi connectivity index (χ0v) is 17.5. The second-order valence-electron chi connectivity index (χ2n) is 7.13. The van der Waals surface area contributed by atoms with Gasteiger partial charge in [-0.1, -0.05) is 28.9 Å². The standard InChI is InChI=1S/C24H20ClNO5/c1-15-18(12-23(31-15)17-2-6-19(25)7-3-17)14-29-20-8-4-16(5-9-20)21(13-24(27)28)22-10-11-30-26-22/h2-12,21H,13-14H2,1H3,(H,27,28)/t21-/m0/s1. The predicted octanol–water partition coefficient (Wildman–Crippen LogP) is 6.08. The lowest BCUT2D eigenvalue weighted by molar-refractivity contribution is -0.137. The molecule has 0 saturated heterocycles. The summed E-state index contributed by atoms with van der Waals surface area (Å²) in [5.74, 6) is 0.927. The minimum Gasteiger partial charge on any atom is -0.489 e. The van der Waals surface area contributed by atoms with Crippen molar-refractivity contribution in [1.29, 1.82) is 0 Å². The Bertz CT molecular complexity index is 1150. The first-order valence-electron chi connectivity index (χ1n) is 9.69. The molecule has 4 rings (SSSR count). The van der Waals surface area contributed by atoms with Crippen LogP contribution in [0.1, 0.15) is 34.9 Å². The number of hydrogen-bond acceptors (Lipinski definition) is 5. The van der Waals surface area contributed by atoms with E-state index in [4.69, 9.17) is 25.3 Å². The second kappa shape index (κ2) is 9.10. The Labute approximate surface area is 184 Å². The third-order valence-electron chi connectivity index (χ3n) is 5.02. The topological polar surface area (TPSA) is 85.7 Å². The molecule has 4 aromatic rings. The minimum atomic E-state index is -0.903. The van der Waals surface area contributed by atoms with Gasteiger partial charge in [0, 0.05) is 28.1 Å². The molecule has 0 bridgehead atoms. The Morgan fingerprint density at radius 1 is 1.13 bits per heavy atom. The molecule has 2 heterocycles. The molecule has 0 unspecified atom stereocenters. The number of rotatable bonds is 8. The summed E-state index contributed by atoms with van der Waals surface area (Å²) in [5.41, 5.74) is 3.30. The molecule has 2 aromatic heterocycles. The van der Waals surface area contributed by atoms with Crippen molar-refractivity contribution < 1.29 is 23.6 Å². The number of halogens is 1. The molecule has 0 radical (unpaired) electrons. The van der Waals surface area contributed by atoms with Gasteiger partial charge in [0.15, 0.2) is 0 Å². The van der Waals surface area contributed by atoms with Crippen molar-refractivity contribution in [3.05, 3.63) is 94.5 Å². The highest BCUT2D eigenvalue weighted by Gasteiger charge is 2.20. The summed E-state index contributed by atoms with van der Waals surface area (Å²) in [6, 6.07) is 18.4. The van der Waals surface area contributed by atoms with Crippen molar-refractivity contribution in [2.24, 2.45) is 0 Å². The van der Waals surface area contributed by atoms with Crippen LogP contribution in [-0.4, -0.2) is 16.2 Å². The van der Waals surface area contributed by atoms with E-state index in [1.165, 1.54) is 6.26 Å². The summed E-state index contributed by atoms with van der Waals surface area (Å²) < 4.78 is 16.7. The summed E-state index contributed by atoms with van der Waals surface area (Å²) in [6.07, 6.45) is 1.36. The maximum Gasteiger partial charge on any atom is 0.304 e. The number of carboxylic acids is 1. The van der Waals surface area contributed by atoms with E-state index in [1.807, 2.05) is 61.5 Å². The molecule has 158 valence electrons. The Balaban J connectivity index is 1.45. The van der Waals surface area contributed by atoms with Gasteiger partial charge in [-0.2, -0.15) is 0 Å². The molecular formula is C24H20ClNO5. The second-order valence-corrected chi connectivity index (χ2v) is 7.57. The van der Waals surface area contributed by atoms with E-state index in [1.54, 1.807) is 6.07 Å². The van der Waals surface area contributed by atoms with E-state index >= 15 is 0 Å². The van der Waals surface area contributed by atoms with Gasteiger partial charge in [-0.15, -0.1) is 0 Å². The average molecular weight is 438 g/mol. The first kappa shape index (κ1) is 20.8. The molecule has 1 atom stereocenters. The monoisotopic (exact) mass is 437 g/mol. The lowest BCUT2D eigenvalue weighted by Crippen LogP contribution is -2.08. The molecule has 0 amide bonds. The van der Waals surface area contributed by atoms with E-state index in [0.717, 1.165) is 28.2 Å². The Hall–Kier alpha value is -3.51. The molecular weight excluding hydrogens is 418 g/mol. The zero-order valence-electron chi connectivity index (χ0n) is 16.7. The van der Waals surface area contributed by atoms with Crippen LogP contribution in [0.25, 0.3) is 11.3 Å². The van der Waals surface area contributed by atoms with Gasteiger partial charge < -0.3 is 18.8 Å². The molecule has 0 aliphatic heterocycles. The van der Waals surface area contributed by atoms with Crippen LogP contribution in [0.3, 0.4) is 0 Å². The van der Waals surface area contributed by atoms with Gasteiger partial charge in [0.25, 0.3) is 0 Å². The molecule has 31 heavy (non-hydrogen) atoms. The number of carboxylic acid groups (broad SMARTS) is 1. The predicted molar refractivity (Wildman–Crippen MR) is 115 cm³/mol. The highest BCUT2D eigenvalue weighted by atomic mass is 35.5. The Kier molecular flexibility index (Phi) is 6.09. The largest absolute Gasteiger partial charge is 0.489 e. The summed E-state index contributed by atoms with van der Waals surface area (Å²) >= 11 is 5.95. The van der Waals surface area contributed by atoms with Crippen molar-refractivity contribution >= 4 is 17.6 Å². The summed E-state index contributed by atoms with van der Waals surface area (Å²) in [5, 5.41) is 13.8. The quantitative estimate of drug-likeness (QED) is 0.359. The number of furan rings is 1. The van der Waals surface area contributed by atoms with Gasteiger partial charge in [0.2, 0.25) is 0 Å². The molecule has 7 heteroatoms. The Morgan fingerprint density at radius 3 is 2.52 bits per heavy atom. The maximum absolute atomic E-state index is 11.3. The number of aliphatic carboxylic acids is 1. The zero-order chi connectivity index (χ0) is 21.8. The van der Waals surface area contributed by atoms with Crippen LogP contribution in [-0.2, 0) is 11.4 Å². The molecule has 0 aliphatic rings. The number of carbonyl (C=O) groups is 1. The summed E-state index contributed by atoms with van der Waals surface area (Å²) in [6.45, 7) is 2.25. The third-order valence-corrected chi connectivity index (χ3v) is 5.27. The number of aryl methyl sites for hydroxylation is 1. The van der Waals surface area contributed by atoms with E-state index in [-0.39, 0.29) is 12.3 Å². The van der Waals surface area contributed by atoms with Crippen molar-refractivity contribution in [2.45, 2.75) is 25.9 Å². The van der Waals surface area contributed by atoms with Crippen molar-refractivity contribution in [1.82, 2.24) is 5.16 Å². The van der Waals surface area contributed by atoms with E-state index in [9.17, 15) is 9.90 Å². The first-order chi connectivity index (χ1) is 15.0. The lowest BCUT2D eigenvalue weighted by Gasteiger charge is -2.13. The van der Waals surface area contributed by atoms with Crippen LogP contribution in [0, 0.1) is 6.92 Å². The Morgan fingerprint density at radius 2 is 1.87 bits per heavy atom. The van der Waals surface area contributed by atoms with Crippen LogP contribution < -0.4 is 4.74 Å². The number of benzene rings is 2. The van der Waals surface area contributed by atoms with Crippen molar-refractivity contribution in [3.8, 4) is 17.1 Å². The normalized spacial score (nSPS) is 11.9.